The summed E-state index contributed by atoms with van der Waals surface area (Å²) in [6, 6.07) is 0. The Morgan fingerprint density at radius 3 is 2.47 bits per heavy atom. The van der Waals surface area contributed by atoms with E-state index in [-0.39, 0.29) is 24.3 Å². The van der Waals surface area contributed by atoms with Crippen LogP contribution >= 0.6 is 0 Å². The molecule has 1 amide bonds. The molecular weight excluding hydrogens is 250 g/mol. The van der Waals surface area contributed by atoms with Crippen LogP contribution in [0.4, 0.5) is 0 Å². The molecule has 0 aliphatic rings. The van der Waals surface area contributed by atoms with Crippen LogP contribution in [0.2, 0.25) is 0 Å². The highest BCUT2D eigenvalue weighted by molar-refractivity contribution is 5.77. The van der Waals surface area contributed by atoms with Crippen LogP contribution in [0.5, 0.6) is 0 Å². The number of carbonyl (C=O) groups excluding carboxylic acids is 1. The van der Waals surface area contributed by atoms with Crippen LogP contribution in [0, 0.1) is 5.41 Å². The number of hydrogen-bond donors (Lipinski definition) is 2. The van der Waals surface area contributed by atoms with Crippen molar-refractivity contribution in [3.05, 3.63) is 0 Å². The minimum absolute atomic E-state index is 0.0267. The summed E-state index contributed by atoms with van der Waals surface area (Å²) >= 11 is 0. The van der Waals surface area contributed by atoms with Crippen LogP contribution in [0.3, 0.4) is 0 Å². The van der Waals surface area contributed by atoms with Gasteiger partial charge in [-0.2, -0.15) is 0 Å². The molecule has 0 aromatic carbocycles. The number of hydrogen-bond acceptors (Lipinski definition) is 4. The van der Waals surface area contributed by atoms with Crippen molar-refractivity contribution in [1.82, 2.24) is 5.32 Å². The molecule has 0 aliphatic carbocycles. The first-order valence-corrected chi connectivity index (χ1v) is 6.42. The number of ether oxygens (including phenoxy) is 2. The zero-order chi connectivity index (χ0) is 14.7. The lowest BCUT2D eigenvalue weighted by Gasteiger charge is -2.23. The van der Waals surface area contributed by atoms with Gasteiger partial charge in [0.1, 0.15) is 6.61 Å². The number of carboxylic acids is 1. The predicted octanol–water partition coefficient (Wildman–Crippen LogP) is 1.05. The molecule has 0 radical (unpaired) electrons. The molecule has 0 bridgehead atoms. The fourth-order valence-electron chi connectivity index (χ4n) is 1.47. The van der Waals surface area contributed by atoms with E-state index in [0.29, 0.717) is 26.2 Å². The molecule has 0 saturated carbocycles. The Bertz CT molecular complexity index is 278. The van der Waals surface area contributed by atoms with E-state index in [1.165, 1.54) is 0 Å². The predicted molar refractivity (Wildman–Crippen MR) is 71.0 cm³/mol. The maximum atomic E-state index is 11.4. The van der Waals surface area contributed by atoms with Crippen LogP contribution < -0.4 is 5.32 Å². The first-order valence-electron chi connectivity index (χ1n) is 6.42. The molecule has 112 valence electrons. The zero-order valence-corrected chi connectivity index (χ0v) is 12.0. The highest BCUT2D eigenvalue weighted by atomic mass is 16.5. The first-order chi connectivity index (χ1) is 8.87. The van der Waals surface area contributed by atoms with Gasteiger partial charge in [-0.1, -0.05) is 13.8 Å². The van der Waals surface area contributed by atoms with Gasteiger partial charge in [0.15, 0.2) is 0 Å². The highest BCUT2D eigenvalue weighted by Gasteiger charge is 2.19. The summed E-state index contributed by atoms with van der Waals surface area (Å²) < 4.78 is 9.87. The van der Waals surface area contributed by atoms with Crippen LogP contribution in [0.15, 0.2) is 0 Å². The van der Waals surface area contributed by atoms with E-state index in [1.807, 2.05) is 13.8 Å². The molecule has 0 aromatic rings. The average molecular weight is 275 g/mol. The summed E-state index contributed by atoms with van der Waals surface area (Å²) in [4.78, 5) is 21.9. The summed E-state index contributed by atoms with van der Waals surface area (Å²) in [5.74, 6) is -0.950. The van der Waals surface area contributed by atoms with E-state index in [9.17, 15) is 9.59 Å². The SMILES string of the molecule is COCCOCC(=O)NCCC(C)(C)CCC(=O)O. The molecule has 0 unspecified atom stereocenters. The van der Waals surface area contributed by atoms with Gasteiger partial charge in [0, 0.05) is 20.1 Å². The number of carboxylic acid groups (broad SMARTS) is 1. The molecule has 2 N–H and O–H groups in total. The lowest BCUT2D eigenvalue weighted by atomic mass is 9.84. The van der Waals surface area contributed by atoms with Crippen LogP contribution in [-0.2, 0) is 19.1 Å². The normalized spacial score (nSPS) is 11.3. The summed E-state index contributed by atoms with van der Waals surface area (Å²) in [6.07, 6.45) is 1.49. The quantitative estimate of drug-likeness (QED) is 0.550. The largest absolute Gasteiger partial charge is 0.481 e. The summed E-state index contributed by atoms with van der Waals surface area (Å²) in [6.45, 7) is 5.41. The topological polar surface area (TPSA) is 84.9 Å². The number of carbonyl (C=O) groups is 2. The molecule has 19 heavy (non-hydrogen) atoms. The zero-order valence-electron chi connectivity index (χ0n) is 12.0. The Morgan fingerprint density at radius 1 is 1.21 bits per heavy atom. The van der Waals surface area contributed by atoms with Gasteiger partial charge >= 0.3 is 5.97 Å². The van der Waals surface area contributed by atoms with Crippen molar-refractivity contribution in [3.63, 3.8) is 0 Å². The van der Waals surface area contributed by atoms with E-state index < -0.39 is 5.97 Å². The van der Waals surface area contributed by atoms with Gasteiger partial charge in [0.25, 0.3) is 0 Å². The van der Waals surface area contributed by atoms with E-state index >= 15 is 0 Å². The Kier molecular flexibility index (Phi) is 9.16. The molecule has 0 aromatic heterocycles. The number of rotatable bonds is 11. The van der Waals surface area contributed by atoms with Crippen molar-refractivity contribution >= 4 is 11.9 Å². The second-order valence-corrected chi connectivity index (χ2v) is 5.20. The molecule has 0 atom stereocenters. The van der Waals surface area contributed by atoms with E-state index in [4.69, 9.17) is 14.6 Å². The van der Waals surface area contributed by atoms with Gasteiger partial charge in [0.05, 0.1) is 13.2 Å². The Morgan fingerprint density at radius 2 is 1.89 bits per heavy atom. The molecular formula is C13H25NO5. The summed E-state index contributed by atoms with van der Waals surface area (Å²) in [5.41, 5.74) is -0.0947. The third-order valence-corrected chi connectivity index (χ3v) is 2.80. The molecule has 0 saturated heterocycles. The smallest absolute Gasteiger partial charge is 0.303 e. The third kappa shape index (κ3) is 11.7. The molecule has 0 aliphatic heterocycles. The first kappa shape index (κ1) is 17.9. The van der Waals surface area contributed by atoms with Gasteiger partial charge in [-0.25, -0.2) is 0 Å². The molecule has 0 rings (SSSR count). The van der Waals surface area contributed by atoms with Gasteiger partial charge < -0.3 is 19.9 Å². The van der Waals surface area contributed by atoms with Gasteiger partial charge in [-0.3, -0.25) is 9.59 Å². The van der Waals surface area contributed by atoms with E-state index in [2.05, 4.69) is 5.32 Å². The summed E-state index contributed by atoms with van der Waals surface area (Å²) in [5, 5.41) is 11.4. The highest BCUT2D eigenvalue weighted by Crippen LogP contribution is 2.25. The van der Waals surface area contributed by atoms with Crippen molar-refractivity contribution in [2.45, 2.75) is 33.1 Å². The Labute approximate surface area is 114 Å². The second kappa shape index (κ2) is 9.75. The minimum Gasteiger partial charge on any atom is -0.481 e. The van der Waals surface area contributed by atoms with Gasteiger partial charge in [0.2, 0.25) is 5.91 Å². The maximum absolute atomic E-state index is 11.4. The molecule has 0 heterocycles. The standard InChI is InChI=1S/C13H25NO5/c1-13(2,5-4-12(16)17)6-7-14-11(15)10-19-9-8-18-3/h4-10H2,1-3H3,(H,14,15)(H,16,17). The monoisotopic (exact) mass is 275 g/mol. The number of methoxy groups -OCH3 is 1. The van der Waals surface area contributed by atoms with Crippen molar-refractivity contribution in [2.24, 2.45) is 5.41 Å². The van der Waals surface area contributed by atoms with Gasteiger partial charge in [-0.15, -0.1) is 0 Å². The van der Waals surface area contributed by atoms with Gasteiger partial charge in [-0.05, 0) is 18.3 Å². The Hall–Kier alpha value is -1.14. The van der Waals surface area contributed by atoms with Crippen LogP contribution in [-0.4, -0.2) is 50.5 Å². The molecule has 0 spiro atoms. The lowest BCUT2D eigenvalue weighted by Crippen LogP contribution is -2.31. The number of amides is 1. The molecule has 6 heteroatoms. The third-order valence-electron chi connectivity index (χ3n) is 2.80. The lowest BCUT2D eigenvalue weighted by molar-refractivity contribution is -0.137. The number of nitrogens with one attached hydrogen (secondary N) is 1. The fourth-order valence-corrected chi connectivity index (χ4v) is 1.47. The fraction of sp³-hybridized carbons (Fsp3) is 0.846. The van der Waals surface area contributed by atoms with Crippen molar-refractivity contribution in [3.8, 4) is 0 Å². The molecule has 0 fully saturated rings. The molecule has 6 nitrogen and oxygen atoms in total. The van der Waals surface area contributed by atoms with Crippen molar-refractivity contribution in [1.29, 1.82) is 0 Å². The maximum Gasteiger partial charge on any atom is 0.303 e. The summed E-state index contributed by atoms with van der Waals surface area (Å²) in [7, 11) is 1.57. The van der Waals surface area contributed by atoms with E-state index in [1.54, 1.807) is 7.11 Å². The average Bonchev–Trinajstić information content (AvgIpc) is 2.32. The Balaban J connectivity index is 3.64. The number of aliphatic carboxylic acids is 1. The van der Waals surface area contributed by atoms with Crippen LogP contribution in [0.1, 0.15) is 33.1 Å². The van der Waals surface area contributed by atoms with Crippen molar-refractivity contribution in [2.75, 3.05) is 33.5 Å². The van der Waals surface area contributed by atoms with Crippen LogP contribution in [0.25, 0.3) is 0 Å². The van der Waals surface area contributed by atoms with E-state index in [0.717, 1.165) is 6.42 Å². The van der Waals surface area contributed by atoms with Crippen molar-refractivity contribution < 1.29 is 24.2 Å². The minimum atomic E-state index is -0.788. The second-order valence-electron chi connectivity index (χ2n) is 5.20.